The normalized spacial score (nSPS) is 15.0. The van der Waals surface area contributed by atoms with Crippen molar-refractivity contribution in [3.63, 3.8) is 0 Å². The zero-order valence-electron chi connectivity index (χ0n) is 21.6. The average Bonchev–Trinajstić information content (AvgIpc) is 3.23. The van der Waals surface area contributed by atoms with E-state index in [0.29, 0.717) is 44.4 Å². The first-order valence-corrected chi connectivity index (χ1v) is 14.0. The van der Waals surface area contributed by atoms with Gasteiger partial charge in [0.05, 0.1) is 35.6 Å². The lowest BCUT2D eigenvalue weighted by Gasteiger charge is -2.25. The number of thiazole rings is 1. The van der Waals surface area contributed by atoms with Crippen molar-refractivity contribution in [1.29, 1.82) is 0 Å². The molecule has 9 heteroatoms. The Morgan fingerprint density at radius 3 is 2.56 bits per heavy atom. The number of aromatic nitrogens is 1. The molecule has 5 rings (SSSR count). The highest BCUT2D eigenvalue weighted by Gasteiger charge is 2.32. The van der Waals surface area contributed by atoms with Gasteiger partial charge < -0.3 is 14.8 Å². The predicted octanol–water partition coefficient (Wildman–Crippen LogP) is 5.04. The van der Waals surface area contributed by atoms with Crippen LogP contribution in [0.3, 0.4) is 0 Å². The van der Waals surface area contributed by atoms with E-state index in [1.165, 1.54) is 11.3 Å². The van der Waals surface area contributed by atoms with Gasteiger partial charge in [-0.1, -0.05) is 57.6 Å². The van der Waals surface area contributed by atoms with Gasteiger partial charge in [-0.15, -0.1) is 0 Å². The van der Waals surface area contributed by atoms with Crippen LogP contribution in [0.2, 0.25) is 0 Å². The molecule has 1 atom stereocenters. The second kappa shape index (κ2) is 11.4. The highest BCUT2D eigenvalue weighted by molar-refractivity contribution is 9.10. The Labute approximate surface area is 237 Å². The van der Waals surface area contributed by atoms with E-state index < -0.39 is 6.04 Å². The number of benzene rings is 3. The Morgan fingerprint density at radius 2 is 1.87 bits per heavy atom. The molecule has 0 unspecified atom stereocenters. The molecule has 1 aliphatic heterocycles. The number of carbonyl (C=O) groups is 1. The molecule has 0 bridgehead atoms. The van der Waals surface area contributed by atoms with Crippen LogP contribution >= 0.6 is 27.3 Å². The molecule has 2 heterocycles. The van der Waals surface area contributed by atoms with Crippen molar-refractivity contribution in [2.45, 2.75) is 19.9 Å². The molecule has 0 aliphatic carbocycles. The maximum absolute atomic E-state index is 13.9. The molecule has 39 heavy (non-hydrogen) atoms. The molecular formula is C30H26BrN3O4S. The Balaban J connectivity index is 1.68. The fourth-order valence-corrected chi connectivity index (χ4v) is 5.94. The molecule has 0 spiro atoms. The number of rotatable bonds is 7. The summed E-state index contributed by atoms with van der Waals surface area (Å²) in [6, 6.07) is 21.6. The number of ether oxygens (including phenoxy) is 2. The smallest absolute Gasteiger partial charge is 0.271 e. The van der Waals surface area contributed by atoms with Crippen LogP contribution in [0.15, 0.2) is 98.3 Å². The second-order valence-electron chi connectivity index (χ2n) is 8.79. The van der Waals surface area contributed by atoms with Crippen LogP contribution in [-0.4, -0.2) is 24.2 Å². The third-order valence-corrected chi connectivity index (χ3v) is 7.76. The average molecular weight is 605 g/mol. The molecule has 1 aromatic heterocycles. The third-order valence-electron chi connectivity index (χ3n) is 6.28. The number of allylic oxidation sites excluding steroid dienone is 1. The van der Waals surface area contributed by atoms with E-state index in [4.69, 9.17) is 14.5 Å². The summed E-state index contributed by atoms with van der Waals surface area (Å²) in [5.41, 5.74) is 2.91. The zero-order chi connectivity index (χ0) is 27.5. The molecule has 0 saturated carbocycles. The largest absolute Gasteiger partial charge is 0.496 e. The van der Waals surface area contributed by atoms with E-state index in [1.807, 2.05) is 79.7 Å². The summed E-state index contributed by atoms with van der Waals surface area (Å²) in [6.45, 7) is 4.26. The summed E-state index contributed by atoms with van der Waals surface area (Å²) in [7, 11) is 1.59. The molecule has 198 valence electrons. The van der Waals surface area contributed by atoms with E-state index in [9.17, 15) is 9.59 Å². The fraction of sp³-hybridized carbons (Fsp3) is 0.167. The topological polar surface area (TPSA) is 81.9 Å². The lowest BCUT2D eigenvalue weighted by Crippen LogP contribution is -2.40. The van der Waals surface area contributed by atoms with Gasteiger partial charge in [0.15, 0.2) is 4.80 Å². The van der Waals surface area contributed by atoms with Crippen molar-refractivity contribution in [1.82, 2.24) is 4.57 Å². The van der Waals surface area contributed by atoms with E-state index in [1.54, 1.807) is 24.7 Å². The summed E-state index contributed by atoms with van der Waals surface area (Å²) in [4.78, 5) is 32.8. The number of halogens is 1. The van der Waals surface area contributed by atoms with E-state index in [2.05, 4.69) is 21.2 Å². The molecule has 4 aromatic rings. The van der Waals surface area contributed by atoms with Crippen LogP contribution in [0.25, 0.3) is 6.08 Å². The Bertz CT molecular complexity index is 1740. The van der Waals surface area contributed by atoms with Gasteiger partial charge in [0.25, 0.3) is 11.5 Å². The Morgan fingerprint density at radius 1 is 1.13 bits per heavy atom. The number of fused-ring (bicyclic) bond motifs is 1. The maximum Gasteiger partial charge on any atom is 0.271 e. The molecule has 0 saturated heterocycles. The molecule has 0 radical (unpaired) electrons. The number of amides is 1. The summed E-state index contributed by atoms with van der Waals surface area (Å²) in [6.07, 6.45) is 1.80. The number of hydrogen-bond donors (Lipinski definition) is 1. The first-order valence-electron chi connectivity index (χ1n) is 12.3. The van der Waals surface area contributed by atoms with Gasteiger partial charge in [-0.3, -0.25) is 14.2 Å². The van der Waals surface area contributed by atoms with Crippen molar-refractivity contribution >= 4 is 44.9 Å². The minimum absolute atomic E-state index is 0.239. The van der Waals surface area contributed by atoms with Gasteiger partial charge in [0, 0.05) is 15.7 Å². The summed E-state index contributed by atoms with van der Waals surface area (Å²) < 4.78 is 14.1. The Hall–Kier alpha value is -3.95. The van der Waals surface area contributed by atoms with Crippen molar-refractivity contribution in [2.75, 3.05) is 19.0 Å². The van der Waals surface area contributed by atoms with Gasteiger partial charge in [-0.05, 0) is 68.0 Å². The van der Waals surface area contributed by atoms with Gasteiger partial charge >= 0.3 is 0 Å². The number of carbonyl (C=O) groups excluding carboxylic acids is 1. The highest BCUT2D eigenvalue weighted by Crippen LogP contribution is 2.32. The summed E-state index contributed by atoms with van der Waals surface area (Å²) in [5, 5.41) is 2.97. The van der Waals surface area contributed by atoms with Crippen LogP contribution < -0.4 is 29.7 Å². The van der Waals surface area contributed by atoms with Crippen molar-refractivity contribution in [3.05, 3.63) is 119 Å². The van der Waals surface area contributed by atoms with Gasteiger partial charge in [-0.2, -0.15) is 0 Å². The lowest BCUT2D eigenvalue weighted by molar-refractivity contribution is -0.113. The van der Waals surface area contributed by atoms with E-state index in [-0.39, 0.29) is 11.5 Å². The monoisotopic (exact) mass is 603 g/mol. The summed E-state index contributed by atoms with van der Waals surface area (Å²) >= 11 is 4.77. The SMILES string of the molecule is CCOc1ccc([C@@H]2C(C(=O)Nc3ccccc3)=C(C)N=c3s/c(=C\c4cc(Br)ccc4OC)c(=O)n32)cc1. The second-order valence-corrected chi connectivity index (χ2v) is 10.7. The number of para-hydroxylation sites is 1. The molecule has 1 amide bonds. The molecule has 7 nitrogen and oxygen atoms in total. The summed E-state index contributed by atoms with van der Waals surface area (Å²) in [5.74, 6) is 1.04. The van der Waals surface area contributed by atoms with Gasteiger partial charge in [-0.25, -0.2) is 4.99 Å². The number of nitrogens with one attached hydrogen (secondary N) is 1. The molecule has 3 aromatic carbocycles. The van der Waals surface area contributed by atoms with Gasteiger partial charge in [0.1, 0.15) is 11.5 Å². The maximum atomic E-state index is 13.9. The van der Waals surface area contributed by atoms with Crippen LogP contribution in [0, 0.1) is 0 Å². The van der Waals surface area contributed by atoms with Crippen molar-refractivity contribution in [3.8, 4) is 11.5 Å². The third kappa shape index (κ3) is 5.46. The van der Waals surface area contributed by atoms with E-state index >= 15 is 0 Å². The number of anilines is 1. The predicted molar refractivity (Wildman–Crippen MR) is 157 cm³/mol. The van der Waals surface area contributed by atoms with Crippen LogP contribution in [-0.2, 0) is 4.79 Å². The molecule has 0 fully saturated rings. The molecule has 1 N–H and O–H groups in total. The standard InChI is InChI=1S/C30H26BrN3O4S/c1-4-38-23-13-10-19(11-14-23)27-26(28(35)33-22-8-6-5-7-9-22)18(2)32-30-34(27)29(36)25(39-30)17-20-16-21(31)12-15-24(20)37-3/h5-17,27H,4H2,1-3H3,(H,33,35)/b25-17-/t27-/m1/s1. The van der Waals surface area contributed by atoms with E-state index in [0.717, 1.165) is 15.6 Å². The molecular weight excluding hydrogens is 578 g/mol. The number of methoxy groups -OCH3 is 1. The van der Waals surface area contributed by atoms with Crippen LogP contribution in [0.1, 0.15) is 31.0 Å². The van der Waals surface area contributed by atoms with Gasteiger partial charge in [0.2, 0.25) is 0 Å². The van der Waals surface area contributed by atoms with Crippen LogP contribution in [0.4, 0.5) is 5.69 Å². The minimum Gasteiger partial charge on any atom is -0.496 e. The quantitative estimate of drug-likeness (QED) is 0.321. The number of nitrogens with zero attached hydrogens (tertiary/aromatic N) is 2. The van der Waals surface area contributed by atoms with Crippen LogP contribution in [0.5, 0.6) is 11.5 Å². The first-order chi connectivity index (χ1) is 18.9. The van der Waals surface area contributed by atoms with Crippen molar-refractivity contribution < 1.29 is 14.3 Å². The first kappa shape index (κ1) is 26.6. The zero-order valence-corrected chi connectivity index (χ0v) is 24.0. The highest BCUT2D eigenvalue weighted by atomic mass is 79.9. The fourth-order valence-electron chi connectivity index (χ4n) is 4.52. The minimum atomic E-state index is -0.674. The molecule has 1 aliphatic rings. The lowest BCUT2D eigenvalue weighted by atomic mass is 9.95. The number of hydrogen-bond acceptors (Lipinski definition) is 6. The Kier molecular flexibility index (Phi) is 7.81. The van der Waals surface area contributed by atoms with Crippen molar-refractivity contribution in [2.24, 2.45) is 4.99 Å².